The zero-order chi connectivity index (χ0) is 13.2. The van der Waals surface area contributed by atoms with E-state index in [1.165, 1.54) is 7.11 Å². The van der Waals surface area contributed by atoms with Crippen molar-refractivity contribution >= 4 is 22.3 Å². The lowest BCUT2D eigenvalue weighted by Gasteiger charge is -1.98. The maximum atomic E-state index is 11.2. The van der Waals surface area contributed by atoms with Crippen LogP contribution in [0.2, 0.25) is 0 Å². The molecule has 3 rings (SSSR count). The van der Waals surface area contributed by atoms with Gasteiger partial charge in [-0.05, 0) is 12.5 Å². The maximum Gasteiger partial charge on any atom is 0.305 e. The van der Waals surface area contributed by atoms with Gasteiger partial charge in [0.1, 0.15) is 0 Å². The quantitative estimate of drug-likeness (QED) is 0.687. The molecule has 3 heterocycles. The molecule has 0 aliphatic rings. The Bertz CT molecular complexity index is 697. The number of carbonyl (C=O) groups is 1. The van der Waals surface area contributed by atoms with Crippen LogP contribution in [0.1, 0.15) is 12.1 Å². The average Bonchev–Trinajstić information content (AvgIpc) is 3.11. The van der Waals surface area contributed by atoms with Crippen LogP contribution in [0, 0.1) is 0 Å². The molecule has 5 nitrogen and oxygen atoms in total. The summed E-state index contributed by atoms with van der Waals surface area (Å²) < 4.78 is 11.7. The molecule has 0 aliphatic heterocycles. The molecule has 3 aromatic rings. The van der Waals surface area contributed by atoms with Crippen LogP contribution in [-0.2, 0) is 16.0 Å². The highest BCUT2D eigenvalue weighted by Gasteiger charge is 2.11. The largest absolute Gasteiger partial charge is 0.472 e. The molecule has 3 aromatic heterocycles. The zero-order valence-electron chi connectivity index (χ0n) is 10.3. The Morgan fingerprint density at radius 3 is 3.21 bits per heavy atom. The molecule has 0 radical (unpaired) electrons. The number of carbonyl (C=O) groups excluding carboxylic acids is 1. The topological polar surface area (TPSA) is 56.7 Å². The van der Waals surface area contributed by atoms with E-state index in [-0.39, 0.29) is 5.97 Å². The van der Waals surface area contributed by atoms with Gasteiger partial charge >= 0.3 is 5.97 Å². The summed E-state index contributed by atoms with van der Waals surface area (Å²) in [6, 6.07) is 1.88. The number of methoxy groups -OCH3 is 1. The number of aromatic nitrogens is 2. The van der Waals surface area contributed by atoms with Gasteiger partial charge in [0.15, 0.2) is 4.96 Å². The first kappa shape index (κ1) is 12.0. The minimum atomic E-state index is -0.200. The fourth-order valence-electron chi connectivity index (χ4n) is 1.89. The molecule has 0 atom stereocenters. The van der Waals surface area contributed by atoms with Crippen LogP contribution in [0.15, 0.2) is 34.6 Å². The van der Waals surface area contributed by atoms with E-state index in [4.69, 9.17) is 4.42 Å². The van der Waals surface area contributed by atoms with Crippen molar-refractivity contribution in [3.05, 3.63) is 35.9 Å². The summed E-state index contributed by atoms with van der Waals surface area (Å²) in [5, 5.41) is 2.02. The van der Waals surface area contributed by atoms with E-state index >= 15 is 0 Å². The molecular formula is C13H12N2O3S. The third-order valence-corrected chi connectivity index (χ3v) is 3.80. The molecule has 0 unspecified atom stereocenters. The first-order valence-electron chi connectivity index (χ1n) is 5.83. The Morgan fingerprint density at radius 1 is 1.58 bits per heavy atom. The van der Waals surface area contributed by atoms with Crippen LogP contribution in [-0.4, -0.2) is 22.5 Å². The van der Waals surface area contributed by atoms with Crippen LogP contribution in [0.3, 0.4) is 0 Å². The van der Waals surface area contributed by atoms with Gasteiger partial charge in [-0.2, -0.15) is 0 Å². The summed E-state index contributed by atoms with van der Waals surface area (Å²) in [4.78, 5) is 16.6. The highest BCUT2D eigenvalue weighted by Crippen LogP contribution is 2.24. The number of aryl methyl sites for hydroxylation is 1. The number of esters is 1. The van der Waals surface area contributed by atoms with Gasteiger partial charge in [-0.15, -0.1) is 11.3 Å². The standard InChI is InChI=1S/C13H12N2O3S/c1-17-12(16)3-2-10-8-19-13-14-11(6-15(10)13)9-4-5-18-7-9/h4-8H,2-3H2,1H3. The molecule has 0 saturated carbocycles. The number of nitrogens with zero attached hydrogens (tertiary/aromatic N) is 2. The fraction of sp³-hybridized carbons (Fsp3) is 0.231. The Kier molecular flexibility index (Phi) is 3.08. The number of ether oxygens (including phenoxy) is 1. The summed E-state index contributed by atoms with van der Waals surface area (Å²) >= 11 is 1.56. The van der Waals surface area contributed by atoms with E-state index in [0.717, 1.165) is 21.9 Å². The first-order valence-corrected chi connectivity index (χ1v) is 6.71. The van der Waals surface area contributed by atoms with Gasteiger partial charge < -0.3 is 9.15 Å². The highest BCUT2D eigenvalue weighted by molar-refractivity contribution is 7.15. The molecule has 0 fully saturated rings. The van der Waals surface area contributed by atoms with Crippen LogP contribution < -0.4 is 0 Å². The molecule has 6 heteroatoms. The van der Waals surface area contributed by atoms with Crippen LogP contribution >= 0.6 is 11.3 Å². The normalized spacial score (nSPS) is 11.0. The van der Waals surface area contributed by atoms with E-state index in [1.807, 2.05) is 22.0 Å². The summed E-state index contributed by atoms with van der Waals surface area (Å²) in [5.41, 5.74) is 2.89. The highest BCUT2D eigenvalue weighted by atomic mass is 32.1. The fourth-order valence-corrected chi connectivity index (χ4v) is 2.80. The van der Waals surface area contributed by atoms with Crippen molar-refractivity contribution in [3.8, 4) is 11.3 Å². The predicted molar refractivity (Wildman–Crippen MR) is 71.1 cm³/mol. The smallest absolute Gasteiger partial charge is 0.305 e. The number of imidazole rings is 1. The number of fused-ring (bicyclic) bond motifs is 1. The summed E-state index contributed by atoms with van der Waals surface area (Å²) in [7, 11) is 1.40. The molecule has 0 aromatic carbocycles. The molecular weight excluding hydrogens is 264 g/mol. The van der Waals surface area contributed by atoms with Crippen molar-refractivity contribution in [2.24, 2.45) is 0 Å². The van der Waals surface area contributed by atoms with Crippen molar-refractivity contribution < 1.29 is 13.9 Å². The number of hydrogen-bond donors (Lipinski definition) is 0. The predicted octanol–water partition coefficient (Wildman–Crippen LogP) is 2.76. The summed E-state index contributed by atoms with van der Waals surface area (Å²) in [6.45, 7) is 0. The molecule has 98 valence electrons. The molecule has 0 bridgehead atoms. The SMILES string of the molecule is COC(=O)CCc1csc2nc(-c3ccoc3)cn12. The monoisotopic (exact) mass is 276 g/mol. The summed E-state index contributed by atoms with van der Waals surface area (Å²) in [6.07, 6.45) is 6.28. The van der Waals surface area contributed by atoms with E-state index < -0.39 is 0 Å². The lowest BCUT2D eigenvalue weighted by molar-refractivity contribution is -0.140. The second-order valence-corrected chi connectivity index (χ2v) is 4.93. The second kappa shape index (κ2) is 4.89. The van der Waals surface area contributed by atoms with Gasteiger partial charge in [-0.1, -0.05) is 0 Å². The lowest BCUT2D eigenvalue weighted by atomic mass is 10.2. The Hall–Kier alpha value is -2.08. The van der Waals surface area contributed by atoms with Gasteiger partial charge in [0.2, 0.25) is 0 Å². The number of furan rings is 1. The molecule has 0 spiro atoms. The third kappa shape index (κ3) is 2.26. The lowest BCUT2D eigenvalue weighted by Crippen LogP contribution is -2.02. The molecule has 0 amide bonds. The minimum absolute atomic E-state index is 0.200. The Labute approximate surface area is 113 Å². The van der Waals surface area contributed by atoms with Gasteiger partial charge in [-0.25, -0.2) is 4.98 Å². The molecule has 0 saturated heterocycles. The second-order valence-electron chi connectivity index (χ2n) is 4.09. The zero-order valence-corrected chi connectivity index (χ0v) is 11.1. The number of hydrogen-bond acceptors (Lipinski definition) is 5. The van der Waals surface area contributed by atoms with E-state index in [9.17, 15) is 4.79 Å². The Balaban J connectivity index is 1.88. The van der Waals surface area contributed by atoms with Gasteiger partial charge in [0.05, 0.1) is 31.8 Å². The molecule has 0 N–H and O–H groups in total. The van der Waals surface area contributed by atoms with Crippen molar-refractivity contribution in [2.75, 3.05) is 7.11 Å². The van der Waals surface area contributed by atoms with Crippen LogP contribution in [0.4, 0.5) is 0 Å². The minimum Gasteiger partial charge on any atom is -0.472 e. The van der Waals surface area contributed by atoms with E-state index in [2.05, 4.69) is 9.72 Å². The molecule has 0 aliphatic carbocycles. The third-order valence-electron chi connectivity index (χ3n) is 2.91. The first-order chi connectivity index (χ1) is 9.28. The van der Waals surface area contributed by atoms with Crippen molar-refractivity contribution in [2.45, 2.75) is 12.8 Å². The van der Waals surface area contributed by atoms with E-state index in [1.54, 1.807) is 23.9 Å². The maximum absolute atomic E-state index is 11.2. The van der Waals surface area contributed by atoms with Gasteiger partial charge in [-0.3, -0.25) is 9.20 Å². The molecule has 19 heavy (non-hydrogen) atoms. The van der Waals surface area contributed by atoms with Crippen molar-refractivity contribution in [3.63, 3.8) is 0 Å². The van der Waals surface area contributed by atoms with Crippen LogP contribution in [0.25, 0.3) is 16.2 Å². The van der Waals surface area contributed by atoms with Crippen molar-refractivity contribution in [1.82, 2.24) is 9.38 Å². The Morgan fingerprint density at radius 2 is 2.47 bits per heavy atom. The number of thiazole rings is 1. The van der Waals surface area contributed by atoms with Crippen LogP contribution in [0.5, 0.6) is 0 Å². The van der Waals surface area contributed by atoms with Gasteiger partial charge in [0, 0.05) is 22.8 Å². The van der Waals surface area contributed by atoms with Gasteiger partial charge in [0.25, 0.3) is 0 Å². The number of rotatable bonds is 4. The van der Waals surface area contributed by atoms with E-state index in [0.29, 0.717) is 12.8 Å². The summed E-state index contributed by atoms with van der Waals surface area (Å²) in [5.74, 6) is -0.200. The average molecular weight is 276 g/mol. The van der Waals surface area contributed by atoms with Crippen molar-refractivity contribution in [1.29, 1.82) is 0 Å².